The number of hydrogen-bond donors (Lipinski definition) is 2. The van der Waals surface area contributed by atoms with E-state index in [4.69, 9.17) is 0 Å². The highest BCUT2D eigenvalue weighted by Crippen LogP contribution is 2.24. The molecule has 25 heavy (non-hydrogen) atoms. The summed E-state index contributed by atoms with van der Waals surface area (Å²) in [5.74, 6) is 0.550. The van der Waals surface area contributed by atoms with E-state index in [0.717, 1.165) is 17.8 Å². The van der Waals surface area contributed by atoms with E-state index in [2.05, 4.69) is 44.7 Å². The Kier molecular flexibility index (Phi) is 5.78. The Bertz CT molecular complexity index is 787. The molecule has 4 nitrogen and oxygen atoms in total. The lowest BCUT2D eigenvalue weighted by atomic mass is 9.87. The normalized spacial score (nSPS) is 12.2. The van der Waals surface area contributed by atoms with E-state index in [1.54, 1.807) is 24.3 Å². The SMILES string of the molecule is CC(C)CNc1ccc(NS(=O)(=O)c2ccc(C(C)(C)C)cc2)cc1. The van der Waals surface area contributed by atoms with Gasteiger partial charge in [0.25, 0.3) is 10.0 Å². The van der Waals surface area contributed by atoms with Crippen LogP contribution in [0.2, 0.25) is 0 Å². The number of rotatable bonds is 6. The third kappa shape index (κ3) is 5.49. The summed E-state index contributed by atoms with van der Waals surface area (Å²) in [6, 6.07) is 14.3. The monoisotopic (exact) mass is 360 g/mol. The van der Waals surface area contributed by atoms with Crippen LogP contribution in [0.15, 0.2) is 53.4 Å². The average molecular weight is 361 g/mol. The lowest BCUT2D eigenvalue weighted by Crippen LogP contribution is -2.15. The quantitative estimate of drug-likeness (QED) is 0.774. The van der Waals surface area contributed by atoms with Gasteiger partial charge in [0, 0.05) is 17.9 Å². The van der Waals surface area contributed by atoms with Crippen LogP contribution >= 0.6 is 0 Å². The van der Waals surface area contributed by atoms with Crippen molar-refractivity contribution in [3.8, 4) is 0 Å². The maximum atomic E-state index is 12.5. The Morgan fingerprint density at radius 1 is 0.880 bits per heavy atom. The molecule has 0 saturated carbocycles. The predicted octanol–water partition coefficient (Wildman–Crippen LogP) is 4.85. The van der Waals surface area contributed by atoms with Crippen molar-refractivity contribution in [3.05, 3.63) is 54.1 Å². The molecule has 0 saturated heterocycles. The minimum atomic E-state index is -3.58. The standard InChI is InChI=1S/C20H28N2O2S/c1-15(2)14-21-17-8-10-18(11-9-17)22-25(23,24)19-12-6-16(7-13-19)20(3,4)5/h6-13,15,21-22H,14H2,1-5H3. The van der Waals surface area contributed by atoms with E-state index in [1.807, 2.05) is 24.3 Å². The van der Waals surface area contributed by atoms with Gasteiger partial charge in [-0.3, -0.25) is 4.72 Å². The fourth-order valence-electron chi connectivity index (χ4n) is 2.33. The van der Waals surface area contributed by atoms with Gasteiger partial charge in [-0.25, -0.2) is 8.42 Å². The number of benzene rings is 2. The molecule has 2 rings (SSSR count). The highest BCUT2D eigenvalue weighted by molar-refractivity contribution is 7.92. The number of anilines is 2. The van der Waals surface area contributed by atoms with Gasteiger partial charge in [-0.2, -0.15) is 0 Å². The highest BCUT2D eigenvalue weighted by atomic mass is 32.2. The Hall–Kier alpha value is -2.01. The Labute approximate surface area is 151 Å². The molecule has 0 radical (unpaired) electrons. The first-order valence-corrected chi connectivity index (χ1v) is 10.0. The fraction of sp³-hybridized carbons (Fsp3) is 0.400. The van der Waals surface area contributed by atoms with Crippen molar-refractivity contribution in [2.24, 2.45) is 5.92 Å². The van der Waals surface area contributed by atoms with Crippen molar-refractivity contribution in [1.29, 1.82) is 0 Å². The zero-order valence-corrected chi connectivity index (χ0v) is 16.4. The summed E-state index contributed by atoms with van der Waals surface area (Å²) in [6.07, 6.45) is 0. The van der Waals surface area contributed by atoms with E-state index in [1.165, 1.54) is 0 Å². The van der Waals surface area contributed by atoms with Crippen LogP contribution in [0.3, 0.4) is 0 Å². The zero-order chi connectivity index (χ0) is 18.7. The Balaban J connectivity index is 2.10. The summed E-state index contributed by atoms with van der Waals surface area (Å²) in [4.78, 5) is 0.266. The van der Waals surface area contributed by atoms with Gasteiger partial charge in [-0.1, -0.05) is 46.8 Å². The molecular weight excluding hydrogens is 332 g/mol. The van der Waals surface area contributed by atoms with Crippen LogP contribution in [-0.2, 0) is 15.4 Å². The van der Waals surface area contributed by atoms with Gasteiger partial charge in [-0.15, -0.1) is 0 Å². The molecule has 5 heteroatoms. The first-order valence-electron chi connectivity index (χ1n) is 8.55. The third-order valence-electron chi connectivity index (χ3n) is 3.88. The van der Waals surface area contributed by atoms with Gasteiger partial charge in [0.05, 0.1) is 4.90 Å². The lowest BCUT2D eigenvalue weighted by Gasteiger charge is -2.19. The van der Waals surface area contributed by atoms with Crippen LogP contribution in [0.5, 0.6) is 0 Å². The van der Waals surface area contributed by atoms with Crippen molar-refractivity contribution in [2.45, 2.75) is 44.9 Å². The first kappa shape index (κ1) is 19.3. The second-order valence-electron chi connectivity index (χ2n) is 7.73. The minimum Gasteiger partial charge on any atom is -0.385 e. The molecule has 0 aliphatic carbocycles. The zero-order valence-electron chi connectivity index (χ0n) is 15.6. The van der Waals surface area contributed by atoms with Crippen LogP contribution in [0.1, 0.15) is 40.2 Å². The van der Waals surface area contributed by atoms with Gasteiger partial charge in [0.2, 0.25) is 0 Å². The highest BCUT2D eigenvalue weighted by Gasteiger charge is 2.17. The molecule has 0 aliphatic heterocycles. The van der Waals surface area contributed by atoms with Crippen LogP contribution in [-0.4, -0.2) is 15.0 Å². The molecule has 0 spiro atoms. The van der Waals surface area contributed by atoms with Gasteiger partial charge in [0.15, 0.2) is 0 Å². The molecule has 0 atom stereocenters. The van der Waals surface area contributed by atoms with E-state index in [9.17, 15) is 8.42 Å². The van der Waals surface area contributed by atoms with Crippen molar-refractivity contribution < 1.29 is 8.42 Å². The van der Waals surface area contributed by atoms with Crippen molar-refractivity contribution in [3.63, 3.8) is 0 Å². The van der Waals surface area contributed by atoms with E-state index in [0.29, 0.717) is 11.6 Å². The Morgan fingerprint density at radius 3 is 1.88 bits per heavy atom. The van der Waals surface area contributed by atoms with Crippen LogP contribution in [0, 0.1) is 5.92 Å². The largest absolute Gasteiger partial charge is 0.385 e. The van der Waals surface area contributed by atoms with Gasteiger partial charge in [-0.05, 0) is 53.3 Å². The molecule has 0 amide bonds. The summed E-state index contributed by atoms with van der Waals surface area (Å²) in [6.45, 7) is 11.5. The van der Waals surface area contributed by atoms with Crippen molar-refractivity contribution >= 4 is 21.4 Å². The second-order valence-corrected chi connectivity index (χ2v) is 9.41. The van der Waals surface area contributed by atoms with E-state index >= 15 is 0 Å². The minimum absolute atomic E-state index is 0.00542. The molecule has 0 bridgehead atoms. The Morgan fingerprint density at radius 2 is 1.40 bits per heavy atom. The summed E-state index contributed by atoms with van der Waals surface area (Å²) >= 11 is 0. The van der Waals surface area contributed by atoms with Crippen molar-refractivity contribution in [1.82, 2.24) is 0 Å². The molecule has 0 unspecified atom stereocenters. The maximum Gasteiger partial charge on any atom is 0.261 e. The van der Waals surface area contributed by atoms with Gasteiger partial charge < -0.3 is 5.32 Å². The molecule has 2 N–H and O–H groups in total. The van der Waals surface area contributed by atoms with Crippen LogP contribution < -0.4 is 10.0 Å². The smallest absolute Gasteiger partial charge is 0.261 e. The molecular formula is C20H28N2O2S. The molecule has 0 aliphatic rings. The number of nitrogens with one attached hydrogen (secondary N) is 2. The third-order valence-corrected chi connectivity index (χ3v) is 5.28. The average Bonchev–Trinajstić information content (AvgIpc) is 2.53. The summed E-state index contributed by atoms with van der Waals surface area (Å²) in [5.41, 5.74) is 2.63. The second kappa shape index (κ2) is 7.48. The van der Waals surface area contributed by atoms with Gasteiger partial charge in [0.1, 0.15) is 0 Å². The maximum absolute atomic E-state index is 12.5. The predicted molar refractivity (Wildman–Crippen MR) is 106 cm³/mol. The summed E-state index contributed by atoms with van der Waals surface area (Å²) in [7, 11) is -3.58. The lowest BCUT2D eigenvalue weighted by molar-refractivity contribution is 0.587. The van der Waals surface area contributed by atoms with Crippen LogP contribution in [0.25, 0.3) is 0 Å². The van der Waals surface area contributed by atoms with Crippen LogP contribution in [0.4, 0.5) is 11.4 Å². The van der Waals surface area contributed by atoms with E-state index in [-0.39, 0.29) is 10.3 Å². The summed E-state index contributed by atoms with van der Waals surface area (Å²) in [5, 5.41) is 3.31. The summed E-state index contributed by atoms with van der Waals surface area (Å²) < 4.78 is 27.7. The molecule has 0 heterocycles. The molecule has 2 aromatic carbocycles. The molecule has 0 aromatic heterocycles. The fourth-order valence-corrected chi connectivity index (χ4v) is 3.38. The first-order chi connectivity index (χ1) is 11.6. The number of hydrogen-bond acceptors (Lipinski definition) is 3. The molecule has 0 fully saturated rings. The van der Waals surface area contributed by atoms with Gasteiger partial charge >= 0.3 is 0 Å². The molecule has 136 valence electrons. The van der Waals surface area contributed by atoms with Crippen molar-refractivity contribution in [2.75, 3.05) is 16.6 Å². The number of sulfonamides is 1. The topological polar surface area (TPSA) is 58.2 Å². The van der Waals surface area contributed by atoms with E-state index < -0.39 is 10.0 Å². The molecule has 2 aromatic rings.